The molecule has 1 fully saturated rings. The van der Waals surface area contributed by atoms with Crippen LogP contribution in [-0.4, -0.2) is 55.2 Å². The fourth-order valence-electron chi connectivity index (χ4n) is 4.40. The fraction of sp³-hybridized carbons (Fsp3) is 0.292. The first kappa shape index (κ1) is 21.9. The van der Waals surface area contributed by atoms with Crippen molar-refractivity contribution < 1.29 is 13.9 Å². The summed E-state index contributed by atoms with van der Waals surface area (Å²) in [6.07, 6.45) is 4.53. The van der Waals surface area contributed by atoms with Gasteiger partial charge in [-0.25, -0.2) is 14.2 Å². The van der Waals surface area contributed by atoms with E-state index in [-0.39, 0.29) is 29.2 Å². The van der Waals surface area contributed by atoms with Crippen LogP contribution in [0.15, 0.2) is 71.0 Å². The van der Waals surface area contributed by atoms with Crippen molar-refractivity contribution >= 4 is 16.7 Å². The van der Waals surface area contributed by atoms with Gasteiger partial charge in [0.15, 0.2) is 0 Å². The molecule has 2 aliphatic heterocycles. The molecule has 4 heterocycles. The van der Waals surface area contributed by atoms with Crippen LogP contribution in [0.1, 0.15) is 24.4 Å². The SMILES string of the molecule is C=C(/C=C\C(F)=C(/C)C(=O)N1CC2OCc3cnnn3C2C1)Cc1n[nH]c(=O)c2ccccc12. The maximum atomic E-state index is 14.8. The molecule has 1 N–H and O–H groups in total. The summed E-state index contributed by atoms with van der Waals surface area (Å²) in [5, 5.41) is 15.9. The van der Waals surface area contributed by atoms with Gasteiger partial charge in [-0.3, -0.25) is 9.59 Å². The van der Waals surface area contributed by atoms with Crippen LogP contribution in [0.25, 0.3) is 10.8 Å². The summed E-state index contributed by atoms with van der Waals surface area (Å²) in [5.41, 5.74) is 1.82. The Morgan fingerprint density at radius 1 is 1.29 bits per heavy atom. The molecule has 34 heavy (non-hydrogen) atoms. The number of likely N-dealkylation sites (tertiary alicyclic amines) is 1. The molecule has 1 amide bonds. The lowest BCUT2D eigenvalue weighted by Crippen LogP contribution is -2.32. The molecule has 0 radical (unpaired) electrons. The van der Waals surface area contributed by atoms with E-state index in [2.05, 4.69) is 27.1 Å². The molecule has 2 aromatic heterocycles. The number of carbonyl (C=O) groups excluding carboxylic acids is 1. The third kappa shape index (κ3) is 3.96. The van der Waals surface area contributed by atoms with E-state index in [0.29, 0.717) is 42.8 Å². The summed E-state index contributed by atoms with van der Waals surface area (Å²) in [6.45, 7) is 6.57. The first-order chi connectivity index (χ1) is 16.4. The maximum Gasteiger partial charge on any atom is 0.272 e. The van der Waals surface area contributed by atoms with Crippen LogP contribution in [0.4, 0.5) is 4.39 Å². The first-order valence-electron chi connectivity index (χ1n) is 10.9. The molecule has 0 spiro atoms. The number of amides is 1. The Balaban J connectivity index is 1.27. The average Bonchev–Trinajstić information content (AvgIpc) is 3.50. The molecule has 5 rings (SSSR count). The standard InChI is InChI=1S/C24H23FN6O3/c1-14(9-20-17-5-3-4-6-18(17)23(32)28-27-20)7-8-19(25)15(2)24(33)30-11-21-22(12-30)34-13-16-10-26-29-31(16)21/h3-8,10,21-22H,1,9,11-13H2,2H3,(H,28,32)/b8-7-,19-15-. The number of aromatic amines is 1. The van der Waals surface area contributed by atoms with Crippen LogP contribution in [0.2, 0.25) is 0 Å². The van der Waals surface area contributed by atoms with Gasteiger partial charge in [-0.2, -0.15) is 5.10 Å². The molecule has 10 heteroatoms. The summed E-state index contributed by atoms with van der Waals surface area (Å²) in [7, 11) is 0. The number of H-pyrrole nitrogens is 1. The zero-order valence-electron chi connectivity index (χ0n) is 18.6. The van der Waals surface area contributed by atoms with E-state index in [1.54, 1.807) is 27.9 Å². The summed E-state index contributed by atoms with van der Waals surface area (Å²) in [6, 6.07) is 7.01. The highest BCUT2D eigenvalue weighted by atomic mass is 19.1. The summed E-state index contributed by atoms with van der Waals surface area (Å²) < 4.78 is 22.5. The van der Waals surface area contributed by atoms with Gasteiger partial charge in [0.2, 0.25) is 0 Å². The van der Waals surface area contributed by atoms with Crippen molar-refractivity contribution in [3.05, 3.63) is 87.9 Å². The van der Waals surface area contributed by atoms with Gasteiger partial charge in [-0.1, -0.05) is 36.1 Å². The largest absolute Gasteiger partial charge is 0.368 e. The van der Waals surface area contributed by atoms with Gasteiger partial charge < -0.3 is 9.64 Å². The molecule has 9 nitrogen and oxygen atoms in total. The van der Waals surface area contributed by atoms with Crippen molar-refractivity contribution in [2.24, 2.45) is 0 Å². The van der Waals surface area contributed by atoms with Crippen molar-refractivity contribution in [3.63, 3.8) is 0 Å². The van der Waals surface area contributed by atoms with Gasteiger partial charge in [0.25, 0.3) is 11.5 Å². The third-order valence-electron chi connectivity index (χ3n) is 6.25. The molecule has 3 aromatic rings. The van der Waals surface area contributed by atoms with E-state index in [1.807, 2.05) is 12.1 Å². The number of fused-ring (bicyclic) bond motifs is 4. The van der Waals surface area contributed by atoms with Crippen LogP contribution >= 0.6 is 0 Å². The first-order valence-corrected chi connectivity index (χ1v) is 10.9. The Kier molecular flexibility index (Phi) is 5.66. The second-order valence-corrected chi connectivity index (χ2v) is 8.48. The van der Waals surface area contributed by atoms with Crippen LogP contribution in [-0.2, 0) is 22.6 Å². The van der Waals surface area contributed by atoms with E-state index >= 15 is 0 Å². The normalized spacial score (nSPS) is 20.4. The Hall–Kier alpha value is -3.92. The number of nitrogens with zero attached hydrogens (tertiary/aromatic N) is 5. The highest BCUT2D eigenvalue weighted by Gasteiger charge is 2.41. The monoisotopic (exact) mass is 462 g/mol. The molecular formula is C24H23FN6O3. The number of carbonyl (C=O) groups is 1. The Morgan fingerprint density at radius 3 is 2.91 bits per heavy atom. The van der Waals surface area contributed by atoms with Crippen LogP contribution in [0.5, 0.6) is 0 Å². The second-order valence-electron chi connectivity index (χ2n) is 8.48. The second kappa shape index (κ2) is 8.79. The van der Waals surface area contributed by atoms with Crippen LogP contribution in [0.3, 0.4) is 0 Å². The molecule has 0 saturated carbocycles. The van der Waals surface area contributed by atoms with Gasteiger partial charge >= 0.3 is 0 Å². The van der Waals surface area contributed by atoms with E-state index < -0.39 is 5.83 Å². The third-order valence-corrected chi connectivity index (χ3v) is 6.25. The zero-order valence-corrected chi connectivity index (χ0v) is 18.6. The molecule has 2 aliphatic rings. The minimum absolute atomic E-state index is 0.00845. The number of aromatic nitrogens is 5. The zero-order chi connectivity index (χ0) is 23.8. The maximum absolute atomic E-state index is 14.8. The van der Waals surface area contributed by atoms with Gasteiger partial charge in [0, 0.05) is 30.5 Å². The summed E-state index contributed by atoms with van der Waals surface area (Å²) >= 11 is 0. The quantitative estimate of drug-likeness (QED) is 0.461. The number of ether oxygens (including phenoxy) is 1. The van der Waals surface area contributed by atoms with Gasteiger partial charge in [-0.05, 0) is 24.6 Å². The lowest BCUT2D eigenvalue weighted by atomic mass is 10.1. The van der Waals surface area contributed by atoms with Crippen molar-refractivity contribution in [1.82, 2.24) is 30.1 Å². The van der Waals surface area contributed by atoms with E-state index in [9.17, 15) is 14.0 Å². The average molecular weight is 462 g/mol. The predicted molar refractivity (Wildman–Crippen MR) is 122 cm³/mol. The molecule has 0 aliphatic carbocycles. The molecule has 2 unspecified atom stereocenters. The lowest BCUT2D eigenvalue weighted by molar-refractivity contribution is -0.126. The minimum Gasteiger partial charge on any atom is -0.368 e. The van der Waals surface area contributed by atoms with Crippen LogP contribution < -0.4 is 5.56 Å². The summed E-state index contributed by atoms with van der Waals surface area (Å²) in [5.74, 6) is -1.02. The van der Waals surface area contributed by atoms with Gasteiger partial charge in [-0.15, -0.1) is 5.10 Å². The number of hydrogen-bond donors (Lipinski definition) is 1. The van der Waals surface area contributed by atoms with E-state index in [0.717, 1.165) is 11.1 Å². The number of halogens is 1. The number of benzene rings is 1. The number of allylic oxidation sites excluding steroid dienone is 4. The van der Waals surface area contributed by atoms with Gasteiger partial charge in [0.1, 0.15) is 5.83 Å². The van der Waals surface area contributed by atoms with Crippen LogP contribution in [0, 0.1) is 0 Å². The van der Waals surface area contributed by atoms with E-state index in [1.165, 1.54) is 19.1 Å². The Bertz CT molecular complexity index is 1400. The Morgan fingerprint density at radius 2 is 2.09 bits per heavy atom. The van der Waals surface area contributed by atoms with Crippen molar-refractivity contribution in [2.75, 3.05) is 13.1 Å². The van der Waals surface area contributed by atoms with Gasteiger partial charge in [0.05, 0.1) is 41.7 Å². The molecule has 1 aromatic carbocycles. The topological polar surface area (TPSA) is 106 Å². The highest BCUT2D eigenvalue weighted by molar-refractivity contribution is 5.94. The van der Waals surface area contributed by atoms with E-state index in [4.69, 9.17) is 4.74 Å². The highest BCUT2D eigenvalue weighted by Crippen LogP contribution is 2.31. The molecule has 174 valence electrons. The molecule has 0 bridgehead atoms. The van der Waals surface area contributed by atoms with Crippen molar-refractivity contribution in [2.45, 2.75) is 32.1 Å². The number of nitrogens with one attached hydrogen (secondary N) is 1. The number of hydrogen-bond acceptors (Lipinski definition) is 6. The number of rotatable bonds is 5. The fourth-order valence-corrected chi connectivity index (χ4v) is 4.40. The minimum atomic E-state index is -0.636. The Labute approximate surface area is 194 Å². The smallest absolute Gasteiger partial charge is 0.272 e. The molecular weight excluding hydrogens is 439 g/mol. The predicted octanol–water partition coefficient (Wildman–Crippen LogP) is 2.40. The van der Waals surface area contributed by atoms with Crippen molar-refractivity contribution in [1.29, 1.82) is 0 Å². The lowest BCUT2D eigenvalue weighted by Gasteiger charge is -2.25. The molecule has 1 saturated heterocycles. The summed E-state index contributed by atoms with van der Waals surface area (Å²) in [4.78, 5) is 26.5. The van der Waals surface area contributed by atoms with Crippen molar-refractivity contribution in [3.8, 4) is 0 Å². The molecule has 2 atom stereocenters.